The van der Waals surface area contributed by atoms with Gasteiger partial charge in [-0.05, 0) is 49.6 Å². The molecule has 0 radical (unpaired) electrons. The average molecular weight is 382 g/mol. The van der Waals surface area contributed by atoms with Crippen molar-refractivity contribution in [2.24, 2.45) is 0 Å². The Morgan fingerprint density at radius 3 is 2.61 bits per heavy atom. The van der Waals surface area contributed by atoms with Gasteiger partial charge in [0.1, 0.15) is 11.5 Å². The molecule has 1 aliphatic heterocycles. The van der Waals surface area contributed by atoms with E-state index in [1.165, 1.54) is 0 Å². The predicted octanol–water partition coefficient (Wildman–Crippen LogP) is 3.19. The van der Waals surface area contributed by atoms with Crippen LogP contribution in [0, 0.1) is 0 Å². The van der Waals surface area contributed by atoms with Gasteiger partial charge in [0.05, 0.1) is 31.9 Å². The van der Waals surface area contributed by atoms with E-state index in [0.717, 1.165) is 24.2 Å². The summed E-state index contributed by atoms with van der Waals surface area (Å²) in [7, 11) is 1.63. The molecule has 1 saturated heterocycles. The number of rotatable bonds is 7. The molecule has 1 N–H and O–H groups in total. The summed E-state index contributed by atoms with van der Waals surface area (Å²) in [4.78, 5) is 27.1. The monoisotopic (exact) mass is 382 g/mol. The van der Waals surface area contributed by atoms with E-state index in [-0.39, 0.29) is 24.4 Å². The lowest BCUT2D eigenvalue weighted by Crippen LogP contribution is -2.39. The third-order valence-corrected chi connectivity index (χ3v) is 4.91. The lowest BCUT2D eigenvalue weighted by Gasteiger charge is -2.25. The second-order valence-electron chi connectivity index (χ2n) is 6.63. The zero-order chi connectivity index (χ0) is 19.9. The van der Waals surface area contributed by atoms with Crippen molar-refractivity contribution in [3.05, 3.63) is 59.7 Å². The first kappa shape index (κ1) is 19.7. The molecule has 2 aromatic carbocycles. The molecule has 0 spiro atoms. The molecule has 148 valence electrons. The first-order valence-corrected chi connectivity index (χ1v) is 9.57. The fraction of sp³-hybridized carbons (Fsp3) is 0.364. The Hall–Kier alpha value is -3.02. The van der Waals surface area contributed by atoms with Crippen molar-refractivity contribution in [3.8, 4) is 11.5 Å². The van der Waals surface area contributed by atoms with Crippen LogP contribution in [0.1, 0.15) is 41.7 Å². The van der Waals surface area contributed by atoms with E-state index >= 15 is 0 Å². The summed E-state index contributed by atoms with van der Waals surface area (Å²) in [5, 5.41) is 2.73. The minimum absolute atomic E-state index is 0.0334. The second-order valence-corrected chi connectivity index (χ2v) is 6.63. The molecule has 0 bridgehead atoms. The Morgan fingerprint density at radius 1 is 1.14 bits per heavy atom. The Kier molecular flexibility index (Phi) is 6.53. The summed E-state index contributed by atoms with van der Waals surface area (Å²) in [6.07, 6.45) is 1.86. The van der Waals surface area contributed by atoms with Crippen molar-refractivity contribution < 1.29 is 19.1 Å². The van der Waals surface area contributed by atoms with Gasteiger partial charge in [-0.15, -0.1) is 0 Å². The van der Waals surface area contributed by atoms with E-state index in [4.69, 9.17) is 9.47 Å². The molecular formula is C22H26N2O4. The molecule has 6 heteroatoms. The van der Waals surface area contributed by atoms with Crippen molar-refractivity contribution in [2.45, 2.75) is 25.8 Å². The number of hydrogen-bond donors (Lipinski definition) is 1. The molecule has 28 heavy (non-hydrogen) atoms. The Morgan fingerprint density at radius 2 is 1.89 bits per heavy atom. The molecule has 6 nitrogen and oxygen atoms in total. The molecule has 0 saturated carbocycles. The van der Waals surface area contributed by atoms with Gasteiger partial charge in [-0.1, -0.05) is 24.3 Å². The number of carbonyl (C=O) groups excluding carboxylic acids is 2. The number of nitrogens with one attached hydrogen (secondary N) is 1. The molecule has 0 aromatic heterocycles. The van der Waals surface area contributed by atoms with Gasteiger partial charge in [-0.2, -0.15) is 0 Å². The normalized spacial score (nSPS) is 15.9. The standard InChI is InChI=1S/C22H26N2O4/c1-3-28-20-9-5-4-7-18(20)22(26)23-15-21(25)24-14-6-8-19(24)16-10-12-17(27-2)13-11-16/h4-5,7,9-13,19H,3,6,8,14-15H2,1-2H3,(H,23,26)/t19-/m0/s1. The summed E-state index contributed by atoms with van der Waals surface area (Å²) in [6.45, 7) is 3.00. The van der Waals surface area contributed by atoms with Gasteiger partial charge in [-0.25, -0.2) is 0 Å². The van der Waals surface area contributed by atoms with Crippen molar-refractivity contribution >= 4 is 11.8 Å². The van der Waals surface area contributed by atoms with Gasteiger partial charge >= 0.3 is 0 Å². The van der Waals surface area contributed by atoms with Gasteiger partial charge in [0.2, 0.25) is 5.91 Å². The number of carbonyl (C=O) groups is 2. The zero-order valence-corrected chi connectivity index (χ0v) is 16.3. The maximum atomic E-state index is 12.8. The van der Waals surface area contributed by atoms with Crippen molar-refractivity contribution in [2.75, 3.05) is 26.8 Å². The highest BCUT2D eigenvalue weighted by atomic mass is 16.5. The highest BCUT2D eigenvalue weighted by Crippen LogP contribution is 2.32. The molecule has 0 unspecified atom stereocenters. The predicted molar refractivity (Wildman–Crippen MR) is 107 cm³/mol. The van der Waals surface area contributed by atoms with Gasteiger partial charge in [0, 0.05) is 6.54 Å². The Bertz CT molecular complexity index is 820. The fourth-order valence-corrected chi connectivity index (χ4v) is 3.53. The van der Waals surface area contributed by atoms with Crippen LogP contribution in [0.3, 0.4) is 0 Å². The molecule has 2 amide bonds. The van der Waals surface area contributed by atoms with Crippen molar-refractivity contribution in [1.29, 1.82) is 0 Å². The first-order chi connectivity index (χ1) is 13.6. The summed E-state index contributed by atoms with van der Waals surface area (Å²) in [5.74, 6) is 0.922. The van der Waals surface area contributed by atoms with E-state index in [1.807, 2.05) is 42.2 Å². The minimum atomic E-state index is -0.308. The molecule has 1 aliphatic rings. The number of para-hydroxylation sites is 1. The van der Waals surface area contributed by atoms with E-state index in [9.17, 15) is 9.59 Å². The third-order valence-electron chi connectivity index (χ3n) is 4.91. The van der Waals surface area contributed by atoms with E-state index in [0.29, 0.717) is 24.5 Å². The smallest absolute Gasteiger partial charge is 0.255 e. The number of likely N-dealkylation sites (tertiary alicyclic amines) is 1. The molecule has 1 heterocycles. The molecule has 0 aliphatic carbocycles. The minimum Gasteiger partial charge on any atom is -0.497 e. The van der Waals surface area contributed by atoms with Gasteiger partial charge < -0.3 is 19.7 Å². The number of amides is 2. The maximum Gasteiger partial charge on any atom is 0.255 e. The van der Waals surface area contributed by atoms with E-state index < -0.39 is 0 Å². The number of hydrogen-bond acceptors (Lipinski definition) is 4. The number of nitrogens with zero attached hydrogens (tertiary/aromatic N) is 1. The van der Waals surface area contributed by atoms with Gasteiger partial charge in [-0.3, -0.25) is 9.59 Å². The lowest BCUT2D eigenvalue weighted by molar-refractivity contribution is -0.131. The van der Waals surface area contributed by atoms with Crippen LogP contribution in [0.5, 0.6) is 11.5 Å². The average Bonchev–Trinajstić information content (AvgIpc) is 3.22. The summed E-state index contributed by atoms with van der Waals surface area (Å²) in [6, 6.07) is 14.9. The highest BCUT2D eigenvalue weighted by molar-refractivity contribution is 5.98. The summed E-state index contributed by atoms with van der Waals surface area (Å²) >= 11 is 0. The second kappa shape index (κ2) is 9.26. The summed E-state index contributed by atoms with van der Waals surface area (Å²) in [5.41, 5.74) is 1.52. The van der Waals surface area contributed by atoms with Crippen LogP contribution in [0.4, 0.5) is 0 Å². The Labute approximate surface area is 165 Å². The zero-order valence-electron chi connectivity index (χ0n) is 16.3. The van der Waals surface area contributed by atoms with Crippen LogP contribution in [0.15, 0.2) is 48.5 Å². The van der Waals surface area contributed by atoms with E-state index in [2.05, 4.69) is 5.32 Å². The fourth-order valence-electron chi connectivity index (χ4n) is 3.53. The SMILES string of the molecule is CCOc1ccccc1C(=O)NCC(=O)N1CCC[C@H]1c1ccc(OC)cc1. The third kappa shape index (κ3) is 4.44. The van der Waals surface area contributed by atoms with Crippen LogP contribution in [-0.4, -0.2) is 43.5 Å². The van der Waals surface area contributed by atoms with Crippen LogP contribution < -0.4 is 14.8 Å². The van der Waals surface area contributed by atoms with Crippen LogP contribution in [0.25, 0.3) is 0 Å². The molecule has 2 aromatic rings. The summed E-state index contributed by atoms with van der Waals surface area (Å²) < 4.78 is 10.7. The molecular weight excluding hydrogens is 356 g/mol. The molecule has 1 fully saturated rings. The molecule has 3 rings (SSSR count). The lowest BCUT2D eigenvalue weighted by atomic mass is 10.0. The van der Waals surface area contributed by atoms with Crippen molar-refractivity contribution in [3.63, 3.8) is 0 Å². The largest absolute Gasteiger partial charge is 0.497 e. The first-order valence-electron chi connectivity index (χ1n) is 9.57. The molecule has 1 atom stereocenters. The van der Waals surface area contributed by atoms with Crippen molar-refractivity contribution in [1.82, 2.24) is 10.2 Å². The Balaban J connectivity index is 1.63. The van der Waals surface area contributed by atoms with Crippen LogP contribution in [0.2, 0.25) is 0 Å². The van der Waals surface area contributed by atoms with Gasteiger partial charge in [0.25, 0.3) is 5.91 Å². The highest BCUT2D eigenvalue weighted by Gasteiger charge is 2.30. The van der Waals surface area contributed by atoms with Crippen LogP contribution >= 0.6 is 0 Å². The van der Waals surface area contributed by atoms with Gasteiger partial charge in [0.15, 0.2) is 0 Å². The number of ether oxygens (including phenoxy) is 2. The number of methoxy groups -OCH3 is 1. The topological polar surface area (TPSA) is 67.9 Å². The quantitative estimate of drug-likeness (QED) is 0.799. The number of benzene rings is 2. The van der Waals surface area contributed by atoms with E-state index in [1.54, 1.807) is 25.3 Å². The van der Waals surface area contributed by atoms with Crippen LogP contribution in [-0.2, 0) is 4.79 Å². The maximum absolute atomic E-state index is 12.8.